The largest absolute Gasteiger partial charge is 0.480 e. The number of aliphatic carboxylic acids is 1. The van der Waals surface area contributed by atoms with Gasteiger partial charge >= 0.3 is 5.97 Å². The molecule has 0 bridgehead atoms. The van der Waals surface area contributed by atoms with Crippen LogP contribution in [0.15, 0.2) is 0 Å². The summed E-state index contributed by atoms with van der Waals surface area (Å²) in [6, 6.07) is 0. The molecule has 0 aliphatic carbocycles. The van der Waals surface area contributed by atoms with Crippen molar-refractivity contribution < 1.29 is 14.6 Å². The summed E-state index contributed by atoms with van der Waals surface area (Å²) in [5.74, 6) is -0.732. The Morgan fingerprint density at radius 2 is 1.89 bits per heavy atom. The van der Waals surface area contributed by atoms with Crippen LogP contribution in [0.4, 0.5) is 0 Å². The third-order valence-electron chi connectivity index (χ3n) is 3.84. The van der Waals surface area contributed by atoms with E-state index in [9.17, 15) is 4.79 Å². The molecule has 0 aromatic rings. The highest BCUT2D eigenvalue weighted by Gasteiger charge is 2.33. The van der Waals surface area contributed by atoms with Crippen LogP contribution in [-0.4, -0.2) is 71.8 Å². The van der Waals surface area contributed by atoms with Gasteiger partial charge in [0.15, 0.2) is 0 Å². The van der Waals surface area contributed by atoms with E-state index in [1.807, 2.05) is 4.90 Å². The monoisotopic (exact) mass is 256 g/mol. The fraction of sp³-hybridized carbons (Fsp3) is 0.923. The van der Waals surface area contributed by atoms with Crippen molar-refractivity contribution in [2.75, 3.05) is 39.3 Å². The summed E-state index contributed by atoms with van der Waals surface area (Å²) in [6.07, 6.45) is 2.63. The van der Waals surface area contributed by atoms with E-state index in [1.54, 1.807) is 0 Å². The molecular weight excluding hydrogens is 232 g/mol. The number of carbonyl (C=O) groups is 1. The van der Waals surface area contributed by atoms with Gasteiger partial charge < -0.3 is 9.84 Å². The lowest BCUT2D eigenvalue weighted by atomic mass is 10.1. The molecule has 0 aromatic carbocycles. The standard InChI is InChI=1S/C13H24N2O3/c1-13(2)4-3-11(18-13)9-14-5-7-15(8-6-14)10-12(16)17/h11H,3-10H2,1-2H3,(H,16,17). The highest BCUT2D eigenvalue weighted by atomic mass is 16.5. The van der Waals surface area contributed by atoms with Gasteiger partial charge in [-0.2, -0.15) is 0 Å². The number of ether oxygens (including phenoxy) is 1. The molecule has 1 N–H and O–H groups in total. The molecule has 2 aliphatic heterocycles. The van der Waals surface area contributed by atoms with Gasteiger partial charge in [0, 0.05) is 32.7 Å². The van der Waals surface area contributed by atoms with Crippen LogP contribution in [-0.2, 0) is 9.53 Å². The molecule has 0 aromatic heterocycles. The first-order valence-corrected chi connectivity index (χ1v) is 6.79. The van der Waals surface area contributed by atoms with Crippen LogP contribution in [0.3, 0.4) is 0 Å². The van der Waals surface area contributed by atoms with Crippen LogP contribution in [0.1, 0.15) is 26.7 Å². The molecule has 2 aliphatic rings. The first-order valence-electron chi connectivity index (χ1n) is 6.79. The molecule has 0 radical (unpaired) electrons. The van der Waals surface area contributed by atoms with Gasteiger partial charge in [-0.25, -0.2) is 0 Å². The molecule has 18 heavy (non-hydrogen) atoms. The lowest BCUT2D eigenvalue weighted by Gasteiger charge is -2.35. The van der Waals surface area contributed by atoms with E-state index in [0.29, 0.717) is 6.10 Å². The van der Waals surface area contributed by atoms with E-state index in [2.05, 4.69) is 18.7 Å². The fourth-order valence-corrected chi connectivity index (χ4v) is 2.82. The molecule has 5 nitrogen and oxygen atoms in total. The molecule has 0 spiro atoms. The van der Waals surface area contributed by atoms with Gasteiger partial charge in [-0.1, -0.05) is 0 Å². The van der Waals surface area contributed by atoms with Crippen LogP contribution in [0.2, 0.25) is 0 Å². The van der Waals surface area contributed by atoms with Gasteiger partial charge in [-0.3, -0.25) is 14.6 Å². The molecule has 1 unspecified atom stereocenters. The van der Waals surface area contributed by atoms with Crippen molar-refractivity contribution in [2.24, 2.45) is 0 Å². The second-order valence-corrected chi connectivity index (χ2v) is 6.01. The Bertz CT molecular complexity index is 299. The molecular formula is C13H24N2O3. The number of carboxylic acid groups (broad SMARTS) is 1. The normalized spacial score (nSPS) is 29.6. The molecule has 5 heteroatoms. The van der Waals surface area contributed by atoms with E-state index in [0.717, 1.165) is 45.6 Å². The molecule has 0 saturated carbocycles. The van der Waals surface area contributed by atoms with E-state index in [1.165, 1.54) is 0 Å². The number of piperazine rings is 1. The highest BCUT2D eigenvalue weighted by Crippen LogP contribution is 2.29. The average Bonchev–Trinajstić information content (AvgIpc) is 2.60. The molecule has 2 rings (SSSR count). The van der Waals surface area contributed by atoms with Crippen molar-refractivity contribution in [3.05, 3.63) is 0 Å². The van der Waals surface area contributed by atoms with Gasteiger partial charge in [0.05, 0.1) is 18.2 Å². The van der Waals surface area contributed by atoms with Crippen molar-refractivity contribution in [1.29, 1.82) is 0 Å². The summed E-state index contributed by atoms with van der Waals surface area (Å²) in [5.41, 5.74) is 0.0375. The lowest BCUT2D eigenvalue weighted by Crippen LogP contribution is -2.49. The second kappa shape index (κ2) is 5.55. The molecule has 2 fully saturated rings. The van der Waals surface area contributed by atoms with Crippen LogP contribution < -0.4 is 0 Å². The minimum absolute atomic E-state index is 0.0375. The zero-order chi connectivity index (χ0) is 13.2. The summed E-state index contributed by atoms with van der Waals surface area (Å²) in [6.45, 7) is 9.06. The smallest absolute Gasteiger partial charge is 0.317 e. The quantitative estimate of drug-likeness (QED) is 0.800. The Hall–Kier alpha value is -0.650. The van der Waals surface area contributed by atoms with Crippen molar-refractivity contribution in [2.45, 2.75) is 38.4 Å². The Balaban J connectivity index is 1.69. The SMILES string of the molecule is CC1(C)CCC(CN2CCN(CC(=O)O)CC2)O1. The summed E-state index contributed by atoms with van der Waals surface area (Å²) in [5, 5.41) is 8.74. The summed E-state index contributed by atoms with van der Waals surface area (Å²) in [4.78, 5) is 15.0. The number of hydrogen-bond acceptors (Lipinski definition) is 4. The molecule has 0 amide bonds. The van der Waals surface area contributed by atoms with Gasteiger partial charge in [-0.05, 0) is 26.7 Å². The van der Waals surface area contributed by atoms with Crippen LogP contribution >= 0.6 is 0 Å². The van der Waals surface area contributed by atoms with Crippen molar-refractivity contribution in [1.82, 2.24) is 9.80 Å². The number of nitrogens with zero attached hydrogens (tertiary/aromatic N) is 2. The van der Waals surface area contributed by atoms with Gasteiger partial charge in [0.25, 0.3) is 0 Å². The Morgan fingerprint density at radius 3 is 2.39 bits per heavy atom. The zero-order valence-corrected chi connectivity index (χ0v) is 11.4. The topological polar surface area (TPSA) is 53.0 Å². The van der Waals surface area contributed by atoms with Crippen LogP contribution in [0, 0.1) is 0 Å². The first kappa shape index (κ1) is 13.8. The van der Waals surface area contributed by atoms with E-state index in [4.69, 9.17) is 9.84 Å². The van der Waals surface area contributed by atoms with Crippen molar-refractivity contribution >= 4 is 5.97 Å². The summed E-state index contributed by atoms with van der Waals surface area (Å²) < 4.78 is 5.99. The molecule has 1 atom stereocenters. The number of carboxylic acids is 1. The maximum Gasteiger partial charge on any atom is 0.317 e. The zero-order valence-electron chi connectivity index (χ0n) is 11.4. The second-order valence-electron chi connectivity index (χ2n) is 6.01. The maximum absolute atomic E-state index is 10.6. The van der Waals surface area contributed by atoms with E-state index >= 15 is 0 Å². The Labute approximate surface area is 109 Å². The number of rotatable bonds is 4. The van der Waals surface area contributed by atoms with Crippen LogP contribution in [0.25, 0.3) is 0 Å². The number of hydrogen-bond donors (Lipinski definition) is 1. The fourth-order valence-electron chi connectivity index (χ4n) is 2.82. The molecule has 2 heterocycles. The molecule has 2 saturated heterocycles. The third-order valence-corrected chi connectivity index (χ3v) is 3.84. The van der Waals surface area contributed by atoms with Crippen LogP contribution in [0.5, 0.6) is 0 Å². The van der Waals surface area contributed by atoms with E-state index < -0.39 is 5.97 Å². The summed E-state index contributed by atoms with van der Waals surface area (Å²) in [7, 11) is 0. The minimum Gasteiger partial charge on any atom is -0.480 e. The predicted octanol–water partition coefficient (Wildman–Crippen LogP) is 0.646. The lowest BCUT2D eigenvalue weighted by molar-refractivity contribution is -0.138. The Kier molecular flexibility index (Phi) is 4.25. The van der Waals surface area contributed by atoms with Gasteiger partial charge in [-0.15, -0.1) is 0 Å². The van der Waals surface area contributed by atoms with Crippen molar-refractivity contribution in [3.8, 4) is 0 Å². The van der Waals surface area contributed by atoms with E-state index in [-0.39, 0.29) is 12.1 Å². The van der Waals surface area contributed by atoms with Crippen molar-refractivity contribution in [3.63, 3.8) is 0 Å². The summed E-state index contributed by atoms with van der Waals surface area (Å²) >= 11 is 0. The first-order chi connectivity index (χ1) is 8.44. The van der Waals surface area contributed by atoms with Gasteiger partial charge in [0.1, 0.15) is 0 Å². The van der Waals surface area contributed by atoms with Gasteiger partial charge in [0.2, 0.25) is 0 Å². The molecule has 104 valence electrons. The average molecular weight is 256 g/mol. The highest BCUT2D eigenvalue weighted by molar-refractivity contribution is 5.69. The minimum atomic E-state index is -0.732. The predicted molar refractivity (Wildman–Crippen MR) is 68.7 cm³/mol. The Morgan fingerprint density at radius 1 is 1.28 bits per heavy atom. The maximum atomic E-state index is 10.6. The third kappa shape index (κ3) is 3.93.